The van der Waals surface area contributed by atoms with Crippen LogP contribution in [0.1, 0.15) is 144 Å². The predicted molar refractivity (Wildman–Crippen MR) is 249 cm³/mol. The lowest BCUT2D eigenvalue weighted by Gasteiger charge is -2.30. The first-order chi connectivity index (χ1) is 30.6. The molecule has 3 aromatic heterocycles. The maximum atomic E-state index is 10.7. The summed E-state index contributed by atoms with van der Waals surface area (Å²) in [6.45, 7) is 0. The topological polar surface area (TPSA) is 99.7 Å². The molecule has 6 aromatic rings. The second-order valence-electron chi connectivity index (χ2n) is 19.1. The van der Waals surface area contributed by atoms with Gasteiger partial charge in [-0.2, -0.15) is 0 Å². The van der Waals surface area contributed by atoms with Crippen molar-refractivity contribution in [2.24, 2.45) is 23.5 Å². The van der Waals surface area contributed by atoms with E-state index in [1.54, 1.807) is 0 Å². The number of hydrogen-bond acceptors (Lipinski definition) is 5. The number of rotatable bonds is 8. The van der Waals surface area contributed by atoms with Crippen molar-refractivity contribution in [2.75, 3.05) is 0 Å². The summed E-state index contributed by atoms with van der Waals surface area (Å²) in [7, 11) is 0. The van der Waals surface area contributed by atoms with Crippen molar-refractivity contribution in [3.8, 4) is 33.8 Å². The largest absolute Gasteiger partial charge is 0.393 e. The number of benzene rings is 3. The first-order valence-corrected chi connectivity index (χ1v) is 24.1. The molecule has 5 atom stereocenters. The van der Waals surface area contributed by atoms with E-state index in [1.165, 1.54) is 147 Å². The molecule has 3 N–H and O–H groups in total. The van der Waals surface area contributed by atoms with Crippen LogP contribution in [0.4, 0.5) is 0 Å². The molecule has 322 valence electrons. The SMILES string of the molecule is C(=C\C1c2ccccc2-c2cncn21)/C1CCCCC1.NC(CC1c2ccccc2-c2cncn21)C1CCCCC1.OC(CC1c2ccccc2-c2cncn21)C1CCCCC1. The molecule has 12 rings (SSSR count). The van der Waals surface area contributed by atoms with Gasteiger partial charge in [0, 0.05) is 22.7 Å². The van der Waals surface area contributed by atoms with E-state index < -0.39 is 0 Å². The normalized spacial score (nSPS) is 22.6. The average Bonchev–Trinajstić information content (AvgIpc) is 4.20. The molecule has 0 bridgehead atoms. The molecular weight excluding hydrogens is 763 g/mol. The van der Waals surface area contributed by atoms with Crippen LogP contribution in [0.5, 0.6) is 0 Å². The second-order valence-corrected chi connectivity index (χ2v) is 19.1. The van der Waals surface area contributed by atoms with Gasteiger partial charge in [-0.25, -0.2) is 15.0 Å². The number of fused-ring (bicyclic) bond motifs is 9. The highest BCUT2D eigenvalue weighted by Crippen LogP contribution is 2.45. The Morgan fingerprint density at radius 2 is 0.952 bits per heavy atom. The molecule has 6 heterocycles. The van der Waals surface area contributed by atoms with Gasteiger partial charge >= 0.3 is 0 Å². The first kappa shape index (κ1) is 41.0. The molecule has 5 unspecified atom stereocenters. The third-order valence-electron chi connectivity index (χ3n) is 15.3. The summed E-state index contributed by atoms with van der Waals surface area (Å²) in [4.78, 5) is 12.9. The van der Waals surface area contributed by atoms with E-state index in [0.717, 1.165) is 18.8 Å². The molecule has 0 radical (unpaired) electrons. The van der Waals surface area contributed by atoms with E-state index in [9.17, 15) is 5.11 Å². The molecule has 3 aliphatic heterocycles. The highest BCUT2D eigenvalue weighted by atomic mass is 16.3. The number of aliphatic hydroxyl groups is 1. The van der Waals surface area contributed by atoms with Crippen LogP contribution in [0.25, 0.3) is 33.8 Å². The van der Waals surface area contributed by atoms with Gasteiger partial charge in [-0.1, -0.05) is 143 Å². The smallest absolute Gasteiger partial charge is 0.0959 e. The van der Waals surface area contributed by atoms with Crippen LogP contribution in [0.3, 0.4) is 0 Å². The Bertz CT molecular complexity index is 2310. The van der Waals surface area contributed by atoms with Crippen LogP contribution in [0.2, 0.25) is 0 Å². The summed E-state index contributed by atoms with van der Waals surface area (Å²) in [5, 5.41) is 10.7. The fourth-order valence-electron chi connectivity index (χ4n) is 12.0. The van der Waals surface area contributed by atoms with Crippen molar-refractivity contribution in [1.29, 1.82) is 0 Å². The quantitative estimate of drug-likeness (QED) is 0.149. The van der Waals surface area contributed by atoms with Crippen LogP contribution in [-0.2, 0) is 0 Å². The Hall–Kier alpha value is -5.05. The summed E-state index contributed by atoms with van der Waals surface area (Å²) in [5.41, 5.74) is 18.4. The average molecular weight is 828 g/mol. The molecule has 62 heavy (non-hydrogen) atoms. The molecule has 0 amide bonds. The van der Waals surface area contributed by atoms with E-state index in [4.69, 9.17) is 5.73 Å². The Labute approximate surface area is 368 Å². The molecule has 3 aromatic carbocycles. The Kier molecular flexibility index (Phi) is 12.4. The van der Waals surface area contributed by atoms with Gasteiger partial charge < -0.3 is 24.5 Å². The molecular formula is C54H65N7O. The number of nitrogens with two attached hydrogens (primary N) is 1. The molecule has 6 aliphatic rings. The Morgan fingerprint density at radius 1 is 0.516 bits per heavy atom. The number of hydrogen-bond donors (Lipinski definition) is 2. The lowest BCUT2D eigenvalue weighted by molar-refractivity contribution is 0.0686. The fraction of sp³-hybridized carbons (Fsp3) is 0.463. The van der Waals surface area contributed by atoms with Crippen LogP contribution in [0, 0.1) is 17.8 Å². The highest BCUT2D eigenvalue weighted by Gasteiger charge is 2.34. The van der Waals surface area contributed by atoms with E-state index in [-0.39, 0.29) is 12.1 Å². The van der Waals surface area contributed by atoms with Crippen LogP contribution in [-0.4, -0.2) is 45.9 Å². The Morgan fingerprint density at radius 3 is 1.52 bits per heavy atom. The van der Waals surface area contributed by atoms with Crippen LogP contribution in [0.15, 0.2) is 123 Å². The molecule has 8 nitrogen and oxygen atoms in total. The monoisotopic (exact) mass is 828 g/mol. The molecule has 0 spiro atoms. The van der Waals surface area contributed by atoms with E-state index in [1.807, 2.05) is 37.6 Å². The molecule has 0 saturated heterocycles. The van der Waals surface area contributed by atoms with E-state index in [0.29, 0.717) is 30.0 Å². The molecule has 3 aliphatic carbocycles. The van der Waals surface area contributed by atoms with Crippen molar-refractivity contribution in [3.05, 3.63) is 139 Å². The van der Waals surface area contributed by atoms with Gasteiger partial charge in [0.2, 0.25) is 0 Å². The third kappa shape index (κ3) is 8.28. The first-order valence-electron chi connectivity index (χ1n) is 24.1. The van der Waals surface area contributed by atoms with Gasteiger partial charge in [-0.15, -0.1) is 0 Å². The minimum absolute atomic E-state index is 0.197. The minimum atomic E-state index is -0.197. The zero-order valence-electron chi connectivity index (χ0n) is 36.4. The van der Waals surface area contributed by atoms with Gasteiger partial charge in [0.1, 0.15) is 0 Å². The van der Waals surface area contributed by atoms with Crippen molar-refractivity contribution >= 4 is 0 Å². The maximum absolute atomic E-state index is 10.7. The van der Waals surface area contributed by atoms with Crippen LogP contribution >= 0.6 is 0 Å². The minimum Gasteiger partial charge on any atom is -0.393 e. The van der Waals surface area contributed by atoms with E-state index in [2.05, 4.69) is 114 Å². The predicted octanol–water partition coefficient (Wildman–Crippen LogP) is 12.1. The summed E-state index contributed by atoms with van der Waals surface area (Å²) in [5.74, 6) is 1.97. The zero-order chi connectivity index (χ0) is 41.8. The molecule has 3 saturated carbocycles. The number of imidazole rings is 3. The van der Waals surface area contributed by atoms with Crippen molar-refractivity contribution < 1.29 is 5.11 Å². The van der Waals surface area contributed by atoms with E-state index >= 15 is 0 Å². The van der Waals surface area contributed by atoms with Gasteiger partial charge in [0.15, 0.2) is 0 Å². The second kappa shape index (κ2) is 18.7. The lowest BCUT2D eigenvalue weighted by Crippen LogP contribution is -2.34. The number of allylic oxidation sites excluding steroid dienone is 2. The standard InChI is InChI=1S/C18H23N3.C18H22N2O.C18H20N2/c19-16(13-6-2-1-3-7-13)10-17-14-8-4-5-9-15(14)18-11-20-12-21(17)18;21-18(13-6-2-1-3-7-13)10-16-14-8-4-5-9-15(14)17-11-19-12-20(16)17;1-2-6-14(7-3-1)10-11-17-15-8-4-5-9-16(15)18-12-19-13-20(17)18/h4-5,8-9,11-13,16-17H,1-3,6-7,10,19H2;4-5,8-9,11-13,16,18,21H,1-3,6-7,10H2;4-5,8-14,17H,1-3,6-7H2/b;;11-10+. The van der Waals surface area contributed by atoms with Crippen molar-refractivity contribution in [2.45, 2.75) is 139 Å². The van der Waals surface area contributed by atoms with Crippen molar-refractivity contribution in [1.82, 2.24) is 28.7 Å². The van der Waals surface area contributed by atoms with Gasteiger partial charge in [0.25, 0.3) is 0 Å². The van der Waals surface area contributed by atoms with Crippen molar-refractivity contribution in [3.63, 3.8) is 0 Å². The highest BCUT2D eigenvalue weighted by molar-refractivity contribution is 5.71. The number of nitrogens with zero attached hydrogens (tertiary/aromatic N) is 6. The van der Waals surface area contributed by atoms with Gasteiger partial charge in [0.05, 0.1) is 78.9 Å². The summed E-state index contributed by atoms with van der Waals surface area (Å²) in [6.07, 6.45) is 38.2. The molecule has 8 heteroatoms. The van der Waals surface area contributed by atoms with Gasteiger partial charge in [-0.05, 0) is 85.8 Å². The Balaban J connectivity index is 0.000000111. The zero-order valence-corrected chi connectivity index (χ0v) is 36.4. The fourth-order valence-corrected chi connectivity index (χ4v) is 12.0. The maximum Gasteiger partial charge on any atom is 0.0959 e. The third-order valence-corrected chi connectivity index (χ3v) is 15.3. The summed E-state index contributed by atoms with van der Waals surface area (Å²) < 4.78 is 6.84. The summed E-state index contributed by atoms with van der Waals surface area (Å²) >= 11 is 0. The lowest BCUT2D eigenvalue weighted by atomic mass is 9.81. The van der Waals surface area contributed by atoms with Crippen LogP contribution < -0.4 is 5.73 Å². The number of aromatic nitrogens is 6. The van der Waals surface area contributed by atoms with Gasteiger partial charge in [-0.3, -0.25) is 0 Å². The summed E-state index contributed by atoms with van der Waals surface area (Å²) in [6, 6.07) is 27.2. The molecule has 3 fully saturated rings. The number of aliphatic hydroxyl groups excluding tert-OH is 1.